The molecule has 2 heterocycles. The van der Waals surface area contributed by atoms with E-state index in [9.17, 15) is 9.59 Å². The molecule has 6 rings (SSSR count). The summed E-state index contributed by atoms with van der Waals surface area (Å²) in [7, 11) is 2.03. The molecule has 2 saturated heterocycles. The van der Waals surface area contributed by atoms with E-state index in [0.29, 0.717) is 5.47 Å². The van der Waals surface area contributed by atoms with Crippen molar-refractivity contribution in [2.24, 2.45) is 0 Å². The summed E-state index contributed by atoms with van der Waals surface area (Å²) in [5, 5.41) is 8.67. The van der Waals surface area contributed by atoms with Crippen molar-refractivity contribution in [3.05, 3.63) is 81.2 Å². The van der Waals surface area contributed by atoms with Crippen molar-refractivity contribution in [3.8, 4) is 11.1 Å². The first kappa shape index (κ1) is 19.1. The summed E-state index contributed by atoms with van der Waals surface area (Å²) < 4.78 is 0. The van der Waals surface area contributed by atoms with Crippen molar-refractivity contribution in [1.82, 2.24) is 10.6 Å². The van der Waals surface area contributed by atoms with Crippen LogP contribution in [0.4, 0.5) is 9.59 Å². The maximum Gasteiger partial charge on any atom is 0.201 e. The van der Waals surface area contributed by atoms with Gasteiger partial charge in [-0.1, -0.05) is 80.2 Å². The van der Waals surface area contributed by atoms with E-state index in [1.807, 2.05) is 0 Å². The van der Waals surface area contributed by atoms with Crippen molar-refractivity contribution in [2.45, 2.75) is 37.6 Å². The van der Waals surface area contributed by atoms with E-state index < -0.39 is 21.7 Å². The zero-order valence-corrected chi connectivity index (χ0v) is 20.1. The molecule has 2 aromatic rings. The summed E-state index contributed by atoms with van der Waals surface area (Å²) in [5.41, 5.74) is 5.64. The maximum absolute atomic E-state index is 13.4. The normalized spacial score (nSPS) is 27.1. The van der Waals surface area contributed by atoms with Gasteiger partial charge >= 0.3 is 0 Å². The molecule has 0 spiro atoms. The Balaban J connectivity index is 1.73. The van der Waals surface area contributed by atoms with Crippen molar-refractivity contribution in [2.75, 3.05) is 0 Å². The Bertz CT molecular complexity index is 1260. The fourth-order valence-corrected chi connectivity index (χ4v) is 11.7. The summed E-state index contributed by atoms with van der Waals surface area (Å²) in [6, 6.07) is 16.8. The minimum Gasteiger partial charge on any atom is -0.348 e. The van der Waals surface area contributed by atoms with Crippen LogP contribution in [0.5, 0.6) is 0 Å². The second kappa shape index (κ2) is 5.58. The van der Waals surface area contributed by atoms with Crippen molar-refractivity contribution >= 4 is 35.1 Å². The van der Waals surface area contributed by atoms with Crippen molar-refractivity contribution in [3.63, 3.8) is 0 Å². The molecule has 0 bridgehead atoms. The van der Waals surface area contributed by atoms with Gasteiger partial charge in [0, 0.05) is 11.6 Å². The van der Waals surface area contributed by atoms with Crippen LogP contribution in [0.2, 0.25) is 26.2 Å². The van der Waals surface area contributed by atoms with Crippen LogP contribution in [0.25, 0.3) is 11.1 Å². The van der Waals surface area contributed by atoms with Gasteiger partial charge in [0.1, 0.15) is 7.85 Å². The van der Waals surface area contributed by atoms with Crippen LogP contribution in [0, 0.1) is 0 Å². The molecule has 0 aromatic heterocycles. The fourth-order valence-electron chi connectivity index (χ4n) is 6.32. The maximum atomic E-state index is 13.4. The van der Waals surface area contributed by atoms with Crippen molar-refractivity contribution < 1.29 is 9.59 Å². The first-order valence-electron chi connectivity index (χ1n) is 10.7. The predicted octanol–water partition coefficient (Wildman–Crippen LogP) is 4.33. The average molecular weight is 438 g/mol. The van der Waals surface area contributed by atoms with Gasteiger partial charge in [-0.05, 0) is 32.6 Å². The van der Waals surface area contributed by atoms with Crippen LogP contribution in [0.3, 0.4) is 0 Å². The Labute approximate surface area is 185 Å². The third-order valence-electron chi connectivity index (χ3n) is 7.79. The van der Waals surface area contributed by atoms with Gasteiger partial charge in [-0.25, -0.2) is 0 Å². The number of hydrogen-bond acceptors (Lipinski definition) is 2. The highest BCUT2D eigenvalue weighted by molar-refractivity contribution is 7.14. The Morgan fingerprint density at radius 3 is 1.97 bits per heavy atom. The quantitative estimate of drug-likeness (QED) is 0.651. The number of fused-ring (bicyclic) bond motifs is 5. The Hall–Kier alpha value is -2.64. The second-order valence-corrected chi connectivity index (χ2v) is 18.5. The third kappa shape index (κ3) is 1.98. The molecule has 7 heteroatoms. The predicted molar refractivity (Wildman–Crippen MR) is 128 cm³/mol. The van der Waals surface area contributed by atoms with E-state index in [1.54, 1.807) is 0 Å². The smallest absolute Gasteiger partial charge is 0.201 e. The Morgan fingerprint density at radius 1 is 0.839 bits per heavy atom. The number of nitrogens with one attached hydrogen (secondary N) is 2. The summed E-state index contributed by atoms with van der Waals surface area (Å²) in [4.78, 5) is 26.3. The molecule has 2 aliphatic heterocycles. The standard InChI is InChI=1S/C24H23BN2O2Si2/c1-30(2)19-18(26-22(30)28)21-24(20(19)25,27-23(29)31(21,3)4)17-15-11-7-5-9-13(15)14-10-6-8-12-16(14)17/h5-12,17H,1-4H3,(H,26,28)(H,27,29). The van der Waals surface area contributed by atoms with Gasteiger partial charge in [0.15, 0.2) is 21.7 Å². The molecule has 1 unspecified atom stereocenters. The third-order valence-corrected chi connectivity index (χ3v) is 14.0. The van der Waals surface area contributed by atoms with Gasteiger partial charge in [-0.3, -0.25) is 9.59 Å². The first-order valence-corrected chi connectivity index (χ1v) is 16.7. The largest absolute Gasteiger partial charge is 0.348 e. The van der Waals surface area contributed by atoms with E-state index >= 15 is 0 Å². The van der Waals surface area contributed by atoms with Crippen molar-refractivity contribution in [1.29, 1.82) is 0 Å². The van der Waals surface area contributed by atoms with E-state index in [-0.39, 0.29) is 17.0 Å². The van der Waals surface area contributed by atoms with Crippen LogP contribution < -0.4 is 10.6 Å². The van der Waals surface area contributed by atoms with Gasteiger partial charge in [-0.15, -0.1) is 0 Å². The molecule has 31 heavy (non-hydrogen) atoms. The first-order chi connectivity index (χ1) is 14.6. The Morgan fingerprint density at radius 2 is 1.39 bits per heavy atom. The topological polar surface area (TPSA) is 58.2 Å². The number of amides is 2. The van der Waals surface area contributed by atoms with Gasteiger partial charge in [0.2, 0.25) is 5.53 Å². The molecule has 2 N–H and O–H groups in total. The molecule has 0 saturated carbocycles. The minimum atomic E-state index is -2.56. The van der Waals surface area contributed by atoms with Crippen LogP contribution in [-0.4, -0.2) is 40.6 Å². The average Bonchev–Trinajstić information content (AvgIpc) is 3.33. The monoisotopic (exact) mass is 438 g/mol. The molecular formula is C24H23BN2O2Si2. The number of benzene rings is 2. The molecule has 2 radical (unpaired) electrons. The van der Waals surface area contributed by atoms with Crippen LogP contribution in [0.15, 0.2) is 70.1 Å². The molecule has 2 aliphatic carbocycles. The fraction of sp³-hybridized carbons (Fsp3) is 0.250. The summed E-state index contributed by atoms with van der Waals surface area (Å²) >= 11 is 0. The van der Waals surface area contributed by atoms with E-state index in [1.165, 1.54) is 22.3 Å². The van der Waals surface area contributed by atoms with Gasteiger partial charge in [-0.2, -0.15) is 0 Å². The van der Waals surface area contributed by atoms with E-state index in [2.05, 4.69) is 85.4 Å². The number of carbonyl (C=O) groups is 2. The number of hydrogen-bond donors (Lipinski definition) is 2. The van der Waals surface area contributed by atoms with E-state index in [0.717, 1.165) is 16.1 Å². The molecule has 4 aliphatic rings. The lowest BCUT2D eigenvalue weighted by molar-refractivity contribution is 0.254. The van der Waals surface area contributed by atoms with Gasteiger partial charge in [0.25, 0.3) is 0 Å². The second-order valence-electron chi connectivity index (χ2n) is 10.1. The molecular weight excluding hydrogens is 415 g/mol. The highest BCUT2D eigenvalue weighted by atomic mass is 28.3. The molecule has 2 fully saturated rings. The molecule has 2 aromatic carbocycles. The highest BCUT2D eigenvalue weighted by Crippen LogP contribution is 2.61. The van der Waals surface area contributed by atoms with Crippen LogP contribution in [0.1, 0.15) is 17.0 Å². The summed E-state index contributed by atoms with van der Waals surface area (Å²) in [6.07, 6.45) is 0. The lowest BCUT2D eigenvalue weighted by atomic mass is 9.68. The summed E-state index contributed by atoms with van der Waals surface area (Å²) in [5.74, 6) is -0.111. The Kier molecular flexibility index (Phi) is 3.43. The molecule has 152 valence electrons. The van der Waals surface area contributed by atoms with Gasteiger partial charge < -0.3 is 10.6 Å². The minimum absolute atomic E-state index is 0.0814. The van der Waals surface area contributed by atoms with E-state index in [4.69, 9.17) is 7.85 Å². The SMILES string of the molecule is [B]C1=C2C(=C3C1(C1c4ccccc4-c4ccccc41)NC(=O)[Si]3(C)C)NC(=O)[Si]2(C)C. The summed E-state index contributed by atoms with van der Waals surface area (Å²) in [6.45, 7) is 8.27. The van der Waals surface area contributed by atoms with Gasteiger partial charge in [0.05, 0.1) is 5.54 Å². The molecule has 2 amide bonds. The number of carbonyl (C=O) groups excluding carboxylic acids is 2. The highest BCUT2D eigenvalue weighted by Gasteiger charge is 2.67. The van der Waals surface area contributed by atoms with Crippen LogP contribution in [-0.2, 0) is 0 Å². The lowest BCUT2D eigenvalue weighted by Crippen LogP contribution is -2.50. The number of rotatable bonds is 1. The lowest BCUT2D eigenvalue weighted by Gasteiger charge is -2.39. The molecule has 1 atom stereocenters. The number of allylic oxidation sites excluding steroid dienone is 1. The molecule has 4 nitrogen and oxygen atoms in total. The zero-order chi connectivity index (χ0) is 21.9. The zero-order valence-electron chi connectivity index (χ0n) is 18.1. The van der Waals surface area contributed by atoms with Crippen LogP contribution >= 0.6 is 0 Å².